The van der Waals surface area contributed by atoms with Gasteiger partial charge in [0.05, 0.1) is 22.4 Å². The minimum atomic E-state index is -4.59. The second-order valence-corrected chi connectivity index (χ2v) is 9.09. The van der Waals surface area contributed by atoms with E-state index in [1.165, 1.54) is 30.3 Å². The van der Waals surface area contributed by atoms with Gasteiger partial charge in [0.25, 0.3) is 15.9 Å². The molecule has 0 saturated heterocycles. The molecule has 0 spiro atoms. The molecular weight excluding hydrogens is 467 g/mol. The van der Waals surface area contributed by atoms with Crippen LogP contribution in [0, 0.1) is 0 Å². The molecule has 0 aliphatic heterocycles. The van der Waals surface area contributed by atoms with Crippen molar-refractivity contribution in [2.45, 2.75) is 24.4 Å². The molecule has 0 radical (unpaired) electrons. The zero-order valence-electron chi connectivity index (χ0n) is 18.2. The molecule has 0 fully saturated rings. The van der Waals surface area contributed by atoms with Crippen molar-refractivity contribution in [1.29, 1.82) is 0 Å². The fraction of sp³-hybridized carbons (Fsp3) is 0.167. The average molecular weight is 490 g/mol. The molecule has 0 saturated carbocycles. The number of hydrogen-bond acceptors (Lipinski definition) is 4. The lowest BCUT2D eigenvalue weighted by atomic mass is 10.1. The summed E-state index contributed by atoms with van der Waals surface area (Å²) >= 11 is 0. The van der Waals surface area contributed by atoms with Gasteiger partial charge in [-0.05, 0) is 42.3 Å². The molecule has 178 valence electrons. The Hall–Kier alpha value is -3.66. The summed E-state index contributed by atoms with van der Waals surface area (Å²) in [6.45, 7) is 1.33. The maximum atomic E-state index is 13.3. The summed E-state index contributed by atoms with van der Waals surface area (Å²) in [6, 6.07) is 19.1. The summed E-state index contributed by atoms with van der Waals surface area (Å²) in [5.74, 6) is -0.820. The van der Waals surface area contributed by atoms with E-state index < -0.39 is 34.2 Å². The van der Waals surface area contributed by atoms with Gasteiger partial charge >= 0.3 is 6.18 Å². The first kappa shape index (κ1) is 25.0. The number of carbonyl (C=O) groups excluding carboxylic acids is 1. The Bertz CT molecular complexity index is 1260. The van der Waals surface area contributed by atoms with E-state index in [1.54, 1.807) is 42.5 Å². The number of sulfonamides is 1. The van der Waals surface area contributed by atoms with E-state index in [0.29, 0.717) is 0 Å². The van der Waals surface area contributed by atoms with Crippen LogP contribution in [0.25, 0.3) is 0 Å². The van der Waals surface area contributed by atoms with E-state index in [1.807, 2.05) is 6.92 Å². The van der Waals surface area contributed by atoms with Gasteiger partial charge < -0.3 is 0 Å². The van der Waals surface area contributed by atoms with Gasteiger partial charge in [-0.15, -0.1) is 0 Å². The third-order valence-electron chi connectivity index (χ3n) is 4.91. The Kier molecular flexibility index (Phi) is 7.72. The highest BCUT2D eigenvalue weighted by atomic mass is 32.2. The lowest BCUT2D eigenvalue weighted by Crippen LogP contribution is -2.39. The number of rotatable bonds is 8. The van der Waals surface area contributed by atoms with Crippen LogP contribution in [0.2, 0.25) is 0 Å². The minimum absolute atomic E-state index is 0.00928. The standard InChI is InChI=1S/C24H22F3N3O3S/c1-2-18-12-14-20(15-13-18)30(34(32,33)21-9-4-3-5-10-21)17-23(31)29-28-16-19-8-6-7-11-22(19)24(25,26)27/h3-16H,2,17H2,1H3,(H,29,31)/b28-16-. The molecule has 0 bridgehead atoms. The van der Waals surface area contributed by atoms with Gasteiger partial charge in [-0.3, -0.25) is 9.10 Å². The molecule has 34 heavy (non-hydrogen) atoms. The van der Waals surface area contributed by atoms with Gasteiger partial charge in [0, 0.05) is 5.56 Å². The smallest absolute Gasteiger partial charge is 0.271 e. The second-order valence-electron chi connectivity index (χ2n) is 7.22. The lowest BCUT2D eigenvalue weighted by Gasteiger charge is -2.24. The molecule has 0 unspecified atom stereocenters. The predicted octanol–water partition coefficient (Wildman–Crippen LogP) is 4.61. The van der Waals surface area contributed by atoms with Crippen molar-refractivity contribution in [3.63, 3.8) is 0 Å². The third-order valence-corrected chi connectivity index (χ3v) is 6.70. The van der Waals surface area contributed by atoms with E-state index >= 15 is 0 Å². The lowest BCUT2D eigenvalue weighted by molar-refractivity contribution is -0.137. The molecule has 3 aromatic rings. The number of aryl methyl sites for hydroxylation is 1. The number of hydrazone groups is 1. The second kappa shape index (κ2) is 10.5. The van der Waals surface area contributed by atoms with Crippen LogP contribution in [0.4, 0.5) is 18.9 Å². The SMILES string of the molecule is CCc1ccc(N(CC(=O)N/N=C\c2ccccc2C(F)(F)F)S(=O)(=O)c2ccccc2)cc1. The van der Waals surface area contributed by atoms with Gasteiger partial charge in [0.15, 0.2) is 0 Å². The van der Waals surface area contributed by atoms with Crippen molar-refractivity contribution in [3.05, 3.63) is 95.6 Å². The summed E-state index contributed by atoms with van der Waals surface area (Å²) in [6.07, 6.45) is -2.97. The number of hydrogen-bond donors (Lipinski definition) is 1. The fourth-order valence-electron chi connectivity index (χ4n) is 3.14. The number of nitrogens with one attached hydrogen (secondary N) is 1. The van der Waals surface area contributed by atoms with Crippen molar-refractivity contribution in [2.24, 2.45) is 5.10 Å². The first-order chi connectivity index (χ1) is 16.1. The van der Waals surface area contributed by atoms with Gasteiger partial charge in [-0.25, -0.2) is 13.8 Å². The summed E-state index contributed by atoms with van der Waals surface area (Å²) in [5.41, 5.74) is 2.22. The van der Waals surface area contributed by atoms with Crippen LogP contribution < -0.4 is 9.73 Å². The minimum Gasteiger partial charge on any atom is -0.271 e. The summed E-state index contributed by atoms with van der Waals surface area (Å²) in [4.78, 5) is 12.5. The molecule has 1 amide bonds. The molecule has 0 aliphatic carbocycles. The number of anilines is 1. The van der Waals surface area contributed by atoms with E-state index in [2.05, 4.69) is 10.5 Å². The molecule has 6 nitrogen and oxygen atoms in total. The van der Waals surface area contributed by atoms with E-state index in [4.69, 9.17) is 0 Å². The van der Waals surface area contributed by atoms with Gasteiger partial charge in [0.2, 0.25) is 0 Å². The van der Waals surface area contributed by atoms with Crippen LogP contribution in [0.3, 0.4) is 0 Å². The number of benzene rings is 3. The van der Waals surface area contributed by atoms with Crippen LogP contribution >= 0.6 is 0 Å². The largest absolute Gasteiger partial charge is 0.417 e. The Morgan fingerprint density at radius 1 is 0.971 bits per heavy atom. The van der Waals surface area contributed by atoms with Crippen LogP contribution in [0.5, 0.6) is 0 Å². The molecule has 0 aromatic heterocycles. The highest BCUT2D eigenvalue weighted by Gasteiger charge is 2.32. The van der Waals surface area contributed by atoms with E-state index in [-0.39, 0.29) is 16.1 Å². The van der Waals surface area contributed by atoms with Crippen LogP contribution in [-0.2, 0) is 27.4 Å². The van der Waals surface area contributed by atoms with Crippen molar-refractivity contribution < 1.29 is 26.4 Å². The van der Waals surface area contributed by atoms with Crippen LogP contribution in [0.1, 0.15) is 23.6 Å². The Morgan fingerprint density at radius 3 is 2.21 bits per heavy atom. The van der Waals surface area contributed by atoms with Gasteiger partial charge in [0.1, 0.15) is 6.54 Å². The fourth-order valence-corrected chi connectivity index (χ4v) is 4.58. The van der Waals surface area contributed by atoms with Gasteiger partial charge in [-0.2, -0.15) is 18.3 Å². The first-order valence-electron chi connectivity index (χ1n) is 10.3. The maximum Gasteiger partial charge on any atom is 0.417 e. The molecule has 0 atom stereocenters. The molecular formula is C24H22F3N3O3S. The van der Waals surface area contributed by atoms with Crippen LogP contribution in [-0.4, -0.2) is 27.1 Å². The third kappa shape index (κ3) is 6.02. The highest BCUT2D eigenvalue weighted by molar-refractivity contribution is 7.92. The number of alkyl halides is 3. The number of amides is 1. The molecule has 3 aromatic carbocycles. The van der Waals surface area contributed by atoms with E-state index in [9.17, 15) is 26.4 Å². The Labute approximate surface area is 195 Å². The number of nitrogens with zero attached hydrogens (tertiary/aromatic N) is 2. The Balaban J connectivity index is 1.84. The molecule has 0 aliphatic rings. The summed E-state index contributed by atoms with van der Waals surface area (Å²) in [5, 5.41) is 3.60. The van der Waals surface area contributed by atoms with Crippen molar-refractivity contribution in [1.82, 2.24) is 5.43 Å². The molecule has 10 heteroatoms. The van der Waals surface area contributed by atoms with Crippen LogP contribution in [0.15, 0.2) is 88.9 Å². The van der Waals surface area contributed by atoms with Crippen molar-refractivity contribution in [3.8, 4) is 0 Å². The monoisotopic (exact) mass is 489 g/mol. The zero-order valence-corrected chi connectivity index (χ0v) is 19.0. The first-order valence-corrected chi connectivity index (χ1v) is 11.7. The van der Waals surface area contributed by atoms with Crippen molar-refractivity contribution >= 4 is 27.8 Å². The maximum absolute atomic E-state index is 13.3. The molecule has 0 heterocycles. The summed E-state index contributed by atoms with van der Waals surface area (Å²) < 4.78 is 66.8. The highest BCUT2D eigenvalue weighted by Crippen LogP contribution is 2.31. The van der Waals surface area contributed by atoms with E-state index in [0.717, 1.165) is 28.6 Å². The number of carbonyl (C=O) groups is 1. The summed E-state index contributed by atoms with van der Waals surface area (Å²) in [7, 11) is -4.10. The zero-order chi connectivity index (χ0) is 24.8. The molecule has 1 N–H and O–H groups in total. The average Bonchev–Trinajstić information content (AvgIpc) is 2.83. The number of halogens is 3. The molecule has 3 rings (SSSR count). The normalized spacial score (nSPS) is 12.0. The topological polar surface area (TPSA) is 78.8 Å². The quantitative estimate of drug-likeness (QED) is 0.371. The Morgan fingerprint density at radius 2 is 1.59 bits per heavy atom. The predicted molar refractivity (Wildman–Crippen MR) is 124 cm³/mol. The van der Waals surface area contributed by atoms with Crippen molar-refractivity contribution in [2.75, 3.05) is 10.8 Å². The van der Waals surface area contributed by atoms with Gasteiger partial charge in [-0.1, -0.05) is 55.5 Å².